The molecule has 0 aliphatic carbocycles. The summed E-state index contributed by atoms with van der Waals surface area (Å²) in [6.45, 7) is 5.32. The van der Waals surface area contributed by atoms with E-state index in [1.165, 1.54) is 25.1 Å². The van der Waals surface area contributed by atoms with Crippen LogP contribution >= 0.6 is 0 Å². The van der Waals surface area contributed by atoms with E-state index in [2.05, 4.69) is 10.0 Å². The van der Waals surface area contributed by atoms with Crippen LogP contribution in [0, 0.1) is 18.6 Å². The van der Waals surface area contributed by atoms with Crippen LogP contribution in [0.4, 0.5) is 14.5 Å². The molecule has 146 valence electrons. The van der Waals surface area contributed by atoms with Gasteiger partial charge in [-0.15, -0.1) is 0 Å². The number of anilines is 1. The zero-order chi connectivity index (χ0) is 20.2. The Morgan fingerprint density at radius 1 is 1.15 bits per heavy atom. The lowest BCUT2D eigenvalue weighted by molar-refractivity contribution is -0.117. The summed E-state index contributed by atoms with van der Waals surface area (Å²) in [6.07, 6.45) is 0. The third-order valence-corrected chi connectivity index (χ3v) is 5.21. The number of hydrogen-bond donors (Lipinski definition) is 2. The van der Waals surface area contributed by atoms with Gasteiger partial charge in [-0.2, -0.15) is 4.72 Å². The molecule has 6 nitrogen and oxygen atoms in total. The molecule has 0 aliphatic rings. The Hall–Kier alpha value is -2.52. The Morgan fingerprint density at radius 2 is 1.85 bits per heavy atom. The van der Waals surface area contributed by atoms with Gasteiger partial charge in [0.15, 0.2) is 11.6 Å². The van der Waals surface area contributed by atoms with Gasteiger partial charge in [0.2, 0.25) is 15.9 Å². The van der Waals surface area contributed by atoms with E-state index in [9.17, 15) is 22.0 Å². The third kappa shape index (κ3) is 5.24. The van der Waals surface area contributed by atoms with Crippen molar-refractivity contribution < 1.29 is 26.7 Å². The van der Waals surface area contributed by atoms with Gasteiger partial charge < -0.3 is 10.1 Å². The molecule has 0 heterocycles. The third-order valence-electron chi connectivity index (χ3n) is 3.67. The quantitative estimate of drug-likeness (QED) is 0.751. The van der Waals surface area contributed by atoms with Crippen molar-refractivity contribution in [3.05, 3.63) is 53.6 Å². The Kier molecular flexibility index (Phi) is 6.50. The van der Waals surface area contributed by atoms with Crippen molar-refractivity contribution in [3.8, 4) is 5.75 Å². The fourth-order valence-corrected chi connectivity index (χ4v) is 3.57. The smallest absolute Gasteiger partial charge is 0.242 e. The number of ether oxygens (including phenoxy) is 1. The first-order valence-electron chi connectivity index (χ1n) is 8.15. The monoisotopic (exact) mass is 398 g/mol. The van der Waals surface area contributed by atoms with E-state index in [0.717, 1.165) is 12.1 Å². The first kappa shape index (κ1) is 20.8. The molecule has 0 saturated heterocycles. The van der Waals surface area contributed by atoms with E-state index in [1.807, 2.05) is 6.92 Å². The molecule has 1 unspecified atom stereocenters. The topological polar surface area (TPSA) is 84.5 Å². The number of rotatable bonds is 7. The molecule has 2 aromatic rings. The van der Waals surface area contributed by atoms with Gasteiger partial charge >= 0.3 is 0 Å². The normalized spacial score (nSPS) is 12.5. The molecule has 2 aromatic carbocycles. The van der Waals surface area contributed by atoms with Crippen LogP contribution in [0.5, 0.6) is 5.75 Å². The molecule has 0 aliphatic heterocycles. The average Bonchev–Trinajstić information content (AvgIpc) is 2.59. The summed E-state index contributed by atoms with van der Waals surface area (Å²) in [5.74, 6) is -2.31. The van der Waals surface area contributed by atoms with Gasteiger partial charge in [0.05, 0.1) is 17.5 Å². The molecular weight excluding hydrogens is 378 g/mol. The van der Waals surface area contributed by atoms with Gasteiger partial charge in [0.25, 0.3) is 0 Å². The number of halogens is 2. The summed E-state index contributed by atoms with van der Waals surface area (Å²) in [7, 11) is -3.97. The number of sulfonamides is 1. The zero-order valence-electron chi connectivity index (χ0n) is 15.0. The van der Waals surface area contributed by atoms with Crippen molar-refractivity contribution in [1.82, 2.24) is 4.72 Å². The van der Waals surface area contributed by atoms with Crippen LogP contribution in [0.15, 0.2) is 41.3 Å². The van der Waals surface area contributed by atoms with E-state index in [1.54, 1.807) is 13.0 Å². The van der Waals surface area contributed by atoms with Crippen molar-refractivity contribution in [2.24, 2.45) is 0 Å². The molecule has 2 rings (SSSR count). The fraction of sp³-hybridized carbons (Fsp3) is 0.278. The maximum Gasteiger partial charge on any atom is 0.242 e. The molecule has 1 atom stereocenters. The Bertz CT molecular complexity index is 948. The number of carbonyl (C=O) groups is 1. The lowest BCUT2D eigenvalue weighted by atomic mass is 10.2. The maximum atomic E-state index is 13.2. The van der Waals surface area contributed by atoms with Gasteiger partial charge in [-0.1, -0.05) is 0 Å². The minimum absolute atomic E-state index is 0.0156. The highest BCUT2D eigenvalue weighted by Crippen LogP contribution is 2.22. The highest BCUT2D eigenvalue weighted by molar-refractivity contribution is 7.89. The first-order valence-corrected chi connectivity index (χ1v) is 9.64. The molecule has 2 N–H and O–H groups in total. The van der Waals surface area contributed by atoms with Crippen molar-refractivity contribution in [2.45, 2.75) is 31.7 Å². The Balaban J connectivity index is 2.10. The molecule has 0 spiro atoms. The van der Waals surface area contributed by atoms with Crippen LogP contribution in [0.2, 0.25) is 0 Å². The van der Waals surface area contributed by atoms with Crippen molar-refractivity contribution in [2.75, 3.05) is 11.9 Å². The van der Waals surface area contributed by atoms with Gasteiger partial charge in [-0.05, 0) is 56.7 Å². The minimum Gasteiger partial charge on any atom is -0.494 e. The summed E-state index contributed by atoms with van der Waals surface area (Å²) in [6, 6.07) is 6.06. The number of benzene rings is 2. The molecule has 27 heavy (non-hydrogen) atoms. The highest BCUT2D eigenvalue weighted by Gasteiger charge is 2.23. The van der Waals surface area contributed by atoms with Crippen LogP contribution in [-0.4, -0.2) is 27.0 Å². The van der Waals surface area contributed by atoms with Crippen LogP contribution in [0.3, 0.4) is 0 Å². The Labute approximate surface area is 156 Å². The van der Waals surface area contributed by atoms with Crippen molar-refractivity contribution in [3.63, 3.8) is 0 Å². The number of nitrogens with one attached hydrogen (secondary N) is 2. The van der Waals surface area contributed by atoms with Crippen LogP contribution in [0.25, 0.3) is 0 Å². The van der Waals surface area contributed by atoms with E-state index in [0.29, 0.717) is 17.9 Å². The van der Waals surface area contributed by atoms with Crippen LogP contribution < -0.4 is 14.8 Å². The standard InChI is InChI=1S/C18H20F2N2O4S/c1-4-26-17-8-6-14(9-11(17)2)27(24,25)22-12(3)18(23)21-13-5-7-15(19)16(20)10-13/h5-10,12,22H,4H2,1-3H3,(H,21,23). The average molecular weight is 398 g/mol. The first-order chi connectivity index (χ1) is 12.6. The van der Waals surface area contributed by atoms with Crippen molar-refractivity contribution >= 4 is 21.6 Å². The lowest BCUT2D eigenvalue weighted by Crippen LogP contribution is -2.41. The molecule has 0 radical (unpaired) electrons. The summed E-state index contributed by atoms with van der Waals surface area (Å²) in [4.78, 5) is 12.1. The molecule has 0 fully saturated rings. The summed E-state index contributed by atoms with van der Waals surface area (Å²) in [5.41, 5.74) is 0.653. The predicted molar refractivity (Wildman–Crippen MR) is 97.1 cm³/mol. The Morgan fingerprint density at radius 3 is 2.44 bits per heavy atom. The van der Waals surface area contributed by atoms with Crippen LogP contribution in [-0.2, 0) is 14.8 Å². The SMILES string of the molecule is CCOc1ccc(S(=O)(=O)NC(C)C(=O)Nc2ccc(F)c(F)c2)cc1C. The van der Waals surface area contributed by atoms with E-state index in [-0.39, 0.29) is 10.6 Å². The number of carbonyl (C=O) groups excluding carboxylic acids is 1. The summed E-state index contributed by atoms with van der Waals surface area (Å²) >= 11 is 0. The number of amides is 1. The minimum atomic E-state index is -3.97. The van der Waals surface area contributed by atoms with E-state index < -0.39 is 33.6 Å². The molecule has 9 heteroatoms. The number of aryl methyl sites for hydroxylation is 1. The summed E-state index contributed by atoms with van der Waals surface area (Å²) < 4.78 is 58.7. The van der Waals surface area contributed by atoms with Gasteiger partial charge in [-0.3, -0.25) is 4.79 Å². The second kappa shape index (κ2) is 8.45. The van der Waals surface area contributed by atoms with E-state index >= 15 is 0 Å². The lowest BCUT2D eigenvalue weighted by Gasteiger charge is -2.15. The van der Waals surface area contributed by atoms with Gasteiger partial charge in [-0.25, -0.2) is 17.2 Å². The second-order valence-electron chi connectivity index (χ2n) is 5.82. The molecule has 0 bridgehead atoms. The van der Waals surface area contributed by atoms with E-state index in [4.69, 9.17) is 4.74 Å². The molecule has 1 amide bonds. The molecule has 0 saturated carbocycles. The fourth-order valence-electron chi connectivity index (χ4n) is 2.29. The molecular formula is C18H20F2N2O4S. The van der Waals surface area contributed by atoms with Gasteiger partial charge in [0, 0.05) is 11.8 Å². The van der Waals surface area contributed by atoms with Gasteiger partial charge in [0.1, 0.15) is 5.75 Å². The van der Waals surface area contributed by atoms with Crippen molar-refractivity contribution in [1.29, 1.82) is 0 Å². The largest absolute Gasteiger partial charge is 0.494 e. The zero-order valence-corrected chi connectivity index (χ0v) is 15.9. The predicted octanol–water partition coefficient (Wildman–Crippen LogP) is 2.98. The van der Waals surface area contributed by atoms with Crippen LogP contribution in [0.1, 0.15) is 19.4 Å². The maximum absolute atomic E-state index is 13.2. The second-order valence-corrected chi connectivity index (χ2v) is 7.54. The summed E-state index contributed by atoms with van der Waals surface area (Å²) in [5, 5.41) is 2.33. The molecule has 0 aromatic heterocycles. The highest BCUT2D eigenvalue weighted by atomic mass is 32.2. The number of hydrogen-bond acceptors (Lipinski definition) is 4.